The Kier molecular flexibility index (Phi) is 5.78. The van der Waals surface area contributed by atoms with E-state index in [1.54, 1.807) is 18.2 Å². The van der Waals surface area contributed by atoms with Crippen LogP contribution in [-0.2, 0) is 0 Å². The summed E-state index contributed by atoms with van der Waals surface area (Å²) in [6, 6.07) is 6.38. The summed E-state index contributed by atoms with van der Waals surface area (Å²) in [7, 11) is 0. The van der Waals surface area contributed by atoms with Gasteiger partial charge in [0.25, 0.3) is 5.91 Å². The Hall–Kier alpha value is -1.16. The number of hydrogen-bond donors (Lipinski definition) is 2. The Balaban J connectivity index is 2.30. The van der Waals surface area contributed by atoms with Crippen molar-refractivity contribution in [3.05, 3.63) is 29.8 Å². The van der Waals surface area contributed by atoms with Gasteiger partial charge in [-0.2, -0.15) is 11.8 Å². The monoisotopic (exact) mass is 239 g/mol. The summed E-state index contributed by atoms with van der Waals surface area (Å²) in [5.74, 6) is 1.12. The van der Waals surface area contributed by atoms with Crippen LogP contribution in [0.2, 0.25) is 0 Å². The number of carbonyl (C=O) groups is 1. The Labute approximate surface area is 100 Å². The van der Waals surface area contributed by atoms with Crippen LogP contribution in [-0.4, -0.2) is 29.6 Å². The molecule has 16 heavy (non-hydrogen) atoms. The van der Waals surface area contributed by atoms with E-state index in [2.05, 4.69) is 11.6 Å². The van der Waals surface area contributed by atoms with Crippen molar-refractivity contribution in [2.75, 3.05) is 18.6 Å². The molecular formula is C12H17NO2S. The van der Waals surface area contributed by atoms with E-state index in [1.165, 1.54) is 6.07 Å². The standard InChI is InChI=1S/C12H17NO2S/c1-16-8-3-2-7-13-12(15)10-5-4-6-11(14)9-10/h4-6,9,14H,2-3,7-8H2,1H3,(H,13,15). The first-order valence-corrected chi connectivity index (χ1v) is 6.69. The molecular weight excluding hydrogens is 222 g/mol. The molecule has 0 aliphatic heterocycles. The molecule has 0 radical (unpaired) electrons. The molecule has 88 valence electrons. The third-order valence-corrected chi connectivity index (χ3v) is 2.87. The molecule has 0 atom stereocenters. The van der Waals surface area contributed by atoms with Crippen LogP contribution in [0.3, 0.4) is 0 Å². The summed E-state index contributed by atoms with van der Waals surface area (Å²) in [5, 5.41) is 12.0. The van der Waals surface area contributed by atoms with Gasteiger partial charge in [-0.25, -0.2) is 0 Å². The summed E-state index contributed by atoms with van der Waals surface area (Å²) < 4.78 is 0. The molecule has 0 saturated heterocycles. The van der Waals surface area contributed by atoms with Crippen LogP contribution >= 0.6 is 11.8 Å². The lowest BCUT2D eigenvalue weighted by Crippen LogP contribution is -2.24. The number of hydrogen-bond acceptors (Lipinski definition) is 3. The van der Waals surface area contributed by atoms with Gasteiger partial charge in [0.15, 0.2) is 0 Å². The SMILES string of the molecule is CSCCCCNC(=O)c1cccc(O)c1. The van der Waals surface area contributed by atoms with Crippen LogP contribution in [0.15, 0.2) is 24.3 Å². The fraction of sp³-hybridized carbons (Fsp3) is 0.417. The van der Waals surface area contributed by atoms with Crippen molar-refractivity contribution in [3.63, 3.8) is 0 Å². The highest BCUT2D eigenvalue weighted by atomic mass is 32.2. The normalized spacial score (nSPS) is 10.1. The highest BCUT2D eigenvalue weighted by Crippen LogP contribution is 2.10. The largest absolute Gasteiger partial charge is 0.508 e. The maximum Gasteiger partial charge on any atom is 0.251 e. The lowest BCUT2D eigenvalue weighted by Gasteiger charge is -2.05. The predicted molar refractivity (Wildman–Crippen MR) is 68.1 cm³/mol. The fourth-order valence-electron chi connectivity index (χ4n) is 1.32. The first-order chi connectivity index (χ1) is 7.74. The van der Waals surface area contributed by atoms with Gasteiger partial charge in [0, 0.05) is 12.1 Å². The molecule has 4 heteroatoms. The highest BCUT2D eigenvalue weighted by Gasteiger charge is 2.04. The van der Waals surface area contributed by atoms with Crippen LogP contribution in [0.4, 0.5) is 0 Å². The molecule has 0 aromatic heterocycles. The van der Waals surface area contributed by atoms with E-state index in [0.717, 1.165) is 18.6 Å². The first-order valence-electron chi connectivity index (χ1n) is 5.30. The van der Waals surface area contributed by atoms with Crippen molar-refractivity contribution in [2.45, 2.75) is 12.8 Å². The summed E-state index contributed by atoms with van der Waals surface area (Å²) in [4.78, 5) is 11.6. The van der Waals surface area contributed by atoms with Crippen molar-refractivity contribution in [2.24, 2.45) is 0 Å². The van der Waals surface area contributed by atoms with Gasteiger partial charge in [-0.3, -0.25) is 4.79 Å². The van der Waals surface area contributed by atoms with Gasteiger partial charge in [-0.15, -0.1) is 0 Å². The number of nitrogens with one attached hydrogen (secondary N) is 1. The molecule has 1 amide bonds. The van der Waals surface area contributed by atoms with E-state index in [1.807, 2.05) is 11.8 Å². The molecule has 1 aromatic carbocycles. The molecule has 0 aliphatic rings. The van der Waals surface area contributed by atoms with Crippen molar-refractivity contribution in [3.8, 4) is 5.75 Å². The maximum atomic E-state index is 11.6. The zero-order chi connectivity index (χ0) is 11.8. The fourth-order valence-corrected chi connectivity index (χ4v) is 1.82. The Morgan fingerprint density at radius 3 is 2.94 bits per heavy atom. The van der Waals surface area contributed by atoms with Crippen molar-refractivity contribution in [1.29, 1.82) is 0 Å². The topological polar surface area (TPSA) is 49.3 Å². The summed E-state index contributed by atoms with van der Waals surface area (Å²) in [6.07, 6.45) is 4.18. The van der Waals surface area contributed by atoms with Crippen molar-refractivity contribution in [1.82, 2.24) is 5.32 Å². The van der Waals surface area contributed by atoms with Gasteiger partial charge < -0.3 is 10.4 Å². The average molecular weight is 239 g/mol. The molecule has 0 spiro atoms. The summed E-state index contributed by atoms with van der Waals surface area (Å²) in [6.45, 7) is 0.690. The second-order valence-corrected chi connectivity index (χ2v) is 4.49. The molecule has 0 bridgehead atoms. The molecule has 0 saturated carbocycles. The number of phenols is 1. The van der Waals surface area contributed by atoms with E-state index < -0.39 is 0 Å². The Morgan fingerprint density at radius 1 is 1.44 bits per heavy atom. The van der Waals surface area contributed by atoms with Gasteiger partial charge in [-0.1, -0.05) is 6.07 Å². The second-order valence-electron chi connectivity index (χ2n) is 3.51. The number of carbonyl (C=O) groups excluding carboxylic acids is 1. The lowest BCUT2D eigenvalue weighted by molar-refractivity contribution is 0.0953. The Morgan fingerprint density at radius 2 is 2.25 bits per heavy atom. The highest BCUT2D eigenvalue weighted by molar-refractivity contribution is 7.98. The van der Waals surface area contributed by atoms with E-state index in [-0.39, 0.29) is 11.7 Å². The third kappa shape index (κ3) is 4.57. The van der Waals surface area contributed by atoms with Crippen LogP contribution in [0.25, 0.3) is 0 Å². The van der Waals surface area contributed by atoms with E-state index in [4.69, 9.17) is 0 Å². The van der Waals surface area contributed by atoms with Crippen molar-refractivity contribution >= 4 is 17.7 Å². The summed E-state index contributed by atoms with van der Waals surface area (Å²) >= 11 is 1.81. The molecule has 0 aliphatic carbocycles. The van der Waals surface area contributed by atoms with Gasteiger partial charge in [0.05, 0.1) is 0 Å². The molecule has 0 heterocycles. The number of amides is 1. The van der Waals surface area contributed by atoms with E-state index in [9.17, 15) is 9.90 Å². The van der Waals surface area contributed by atoms with Crippen molar-refractivity contribution < 1.29 is 9.90 Å². The summed E-state index contributed by atoms with van der Waals surface area (Å²) in [5.41, 5.74) is 0.505. The number of benzene rings is 1. The number of phenolic OH excluding ortho intramolecular Hbond substituents is 1. The zero-order valence-corrected chi connectivity index (χ0v) is 10.2. The molecule has 0 unspecified atom stereocenters. The minimum Gasteiger partial charge on any atom is -0.508 e. The predicted octanol–water partition coefficient (Wildman–Crippen LogP) is 2.27. The first kappa shape index (κ1) is 12.9. The van der Waals surface area contributed by atoms with E-state index >= 15 is 0 Å². The van der Waals surface area contributed by atoms with Crippen LogP contribution in [0.5, 0.6) is 5.75 Å². The smallest absolute Gasteiger partial charge is 0.251 e. The van der Waals surface area contributed by atoms with Crippen LogP contribution in [0.1, 0.15) is 23.2 Å². The molecule has 3 nitrogen and oxygen atoms in total. The van der Waals surface area contributed by atoms with Gasteiger partial charge in [-0.05, 0) is 43.0 Å². The molecule has 2 N–H and O–H groups in total. The number of unbranched alkanes of at least 4 members (excludes halogenated alkanes) is 1. The Bertz CT molecular complexity index is 342. The average Bonchev–Trinajstić information content (AvgIpc) is 2.28. The molecule has 1 aromatic rings. The number of thioether (sulfide) groups is 1. The van der Waals surface area contributed by atoms with Gasteiger partial charge in [0.2, 0.25) is 0 Å². The minimum atomic E-state index is -0.125. The van der Waals surface area contributed by atoms with Crippen LogP contribution in [0, 0.1) is 0 Å². The third-order valence-electron chi connectivity index (χ3n) is 2.17. The minimum absolute atomic E-state index is 0.120. The molecule has 1 rings (SSSR count). The quantitative estimate of drug-likeness (QED) is 0.749. The second kappa shape index (κ2) is 7.17. The number of rotatable bonds is 6. The van der Waals surface area contributed by atoms with Crippen LogP contribution < -0.4 is 5.32 Å². The molecule has 0 fully saturated rings. The lowest BCUT2D eigenvalue weighted by atomic mass is 10.2. The maximum absolute atomic E-state index is 11.6. The zero-order valence-electron chi connectivity index (χ0n) is 9.40. The van der Waals surface area contributed by atoms with Gasteiger partial charge in [0.1, 0.15) is 5.75 Å². The van der Waals surface area contributed by atoms with Gasteiger partial charge >= 0.3 is 0 Å². The number of aromatic hydroxyl groups is 1. The van der Waals surface area contributed by atoms with E-state index in [0.29, 0.717) is 12.1 Å².